The van der Waals surface area contributed by atoms with Crippen molar-refractivity contribution in [2.75, 3.05) is 27.2 Å². The summed E-state index contributed by atoms with van der Waals surface area (Å²) >= 11 is 0. The van der Waals surface area contributed by atoms with Crippen LogP contribution in [0.4, 0.5) is 10.5 Å². The third-order valence-electron chi connectivity index (χ3n) is 5.62. The van der Waals surface area contributed by atoms with Gasteiger partial charge in [-0.05, 0) is 36.9 Å². The Bertz CT molecular complexity index is 1260. The number of nitro benzene ring substituents is 1. The van der Waals surface area contributed by atoms with Gasteiger partial charge in [0.15, 0.2) is 5.75 Å². The van der Waals surface area contributed by atoms with Crippen LogP contribution >= 0.6 is 0 Å². The minimum absolute atomic E-state index is 0.0162. The zero-order valence-corrected chi connectivity index (χ0v) is 19.4. The van der Waals surface area contributed by atoms with Crippen LogP contribution < -0.4 is 15.4 Å². The molecule has 2 amide bonds. The maximum Gasteiger partial charge on any atom is 0.320 e. The van der Waals surface area contributed by atoms with Crippen LogP contribution in [-0.4, -0.2) is 48.2 Å². The third-order valence-corrected chi connectivity index (χ3v) is 5.62. The highest BCUT2D eigenvalue weighted by atomic mass is 16.6. The molecule has 4 rings (SSSR count). The summed E-state index contributed by atoms with van der Waals surface area (Å²) < 4.78 is 5.71. The van der Waals surface area contributed by atoms with Gasteiger partial charge in [-0.3, -0.25) is 10.1 Å². The summed E-state index contributed by atoms with van der Waals surface area (Å²) in [6.07, 6.45) is 0. The quantitative estimate of drug-likeness (QED) is 0.333. The van der Waals surface area contributed by atoms with E-state index in [1.165, 1.54) is 6.07 Å². The van der Waals surface area contributed by atoms with Gasteiger partial charge in [0.05, 0.1) is 16.7 Å². The van der Waals surface area contributed by atoms with Crippen molar-refractivity contribution in [1.29, 1.82) is 0 Å². The molecule has 3 N–H and O–H groups in total. The normalized spacial score (nSPS) is 15.5. The molecule has 1 atom stereocenters. The van der Waals surface area contributed by atoms with Gasteiger partial charge < -0.3 is 25.4 Å². The molecule has 0 radical (unpaired) electrons. The summed E-state index contributed by atoms with van der Waals surface area (Å²) in [6, 6.07) is 20.5. The van der Waals surface area contributed by atoms with Crippen LogP contribution in [0.25, 0.3) is 11.3 Å². The van der Waals surface area contributed by atoms with Gasteiger partial charge in [-0.1, -0.05) is 60.7 Å². The maximum atomic E-state index is 12.7. The number of nitro groups is 1. The number of carbonyl (C=O) groups excluding carboxylic acids is 1. The Balaban J connectivity index is 1.90. The first-order valence-corrected chi connectivity index (χ1v) is 11.1. The molecule has 0 spiro atoms. The number of nitrogens with zero attached hydrogens (tertiary/aromatic N) is 2. The van der Waals surface area contributed by atoms with Crippen LogP contribution in [0.5, 0.6) is 11.5 Å². The average molecular weight is 475 g/mol. The molecular weight excluding hydrogens is 448 g/mol. The SMILES string of the molecule is CN(C)CCOc1cc(C2NC(=O)NC(c3ccccc3)=C2c2ccccc2)cc([N+](=O)[O-])c1O. The Morgan fingerprint density at radius 3 is 2.26 bits per heavy atom. The van der Waals surface area contributed by atoms with E-state index in [9.17, 15) is 20.0 Å². The molecular formula is C26H26N4O5. The topological polar surface area (TPSA) is 117 Å². The molecule has 1 unspecified atom stereocenters. The number of hydrogen-bond donors (Lipinski definition) is 3. The molecule has 35 heavy (non-hydrogen) atoms. The van der Waals surface area contributed by atoms with Crippen LogP contribution in [0.3, 0.4) is 0 Å². The Hall–Kier alpha value is -4.37. The fourth-order valence-corrected chi connectivity index (χ4v) is 3.94. The number of benzene rings is 3. The first-order chi connectivity index (χ1) is 16.8. The third kappa shape index (κ3) is 5.25. The van der Waals surface area contributed by atoms with Crippen LogP contribution in [-0.2, 0) is 0 Å². The summed E-state index contributed by atoms with van der Waals surface area (Å²) in [5.74, 6) is -0.566. The highest BCUT2D eigenvalue weighted by Gasteiger charge is 2.32. The number of phenols is 1. The molecule has 180 valence electrons. The minimum Gasteiger partial charge on any atom is -0.500 e. The predicted octanol–water partition coefficient (Wildman–Crippen LogP) is 4.16. The molecule has 3 aromatic carbocycles. The van der Waals surface area contributed by atoms with Gasteiger partial charge >= 0.3 is 11.7 Å². The van der Waals surface area contributed by atoms with Crippen molar-refractivity contribution in [3.8, 4) is 11.5 Å². The second kappa shape index (κ2) is 10.3. The van der Waals surface area contributed by atoms with Crippen molar-refractivity contribution in [3.05, 3.63) is 99.6 Å². The van der Waals surface area contributed by atoms with E-state index in [2.05, 4.69) is 10.6 Å². The number of carbonyl (C=O) groups is 1. The molecule has 0 fully saturated rings. The average Bonchev–Trinajstić information content (AvgIpc) is 2.85. The lowest BCUT2D eigenvalue weighted by atomic mass is 9.87. The summed E-state index contributed by atoms with van der Waals surface area (Å²) in [6.45, 7) is 0.769. The molecule has 9 nitrogen and oxygen atoms in total. The maximum absolute atomic E-state index is 12.7. The number of aromatic hydroxyl groups is 1. The van der Waals surface area contributed by atoms with E-state index in [1.807, 2.05) is 79.7 Å². The Kier molecular flexibility index (Phi) is 6.98. The number of ether oxygens (including phenoxy) is 1. The first kappa shape index (κ1) is 23.8. The van der Waals surface area contributed by atoms with E-state index in [0.717, 1.165) is 16.7 Å². The molecule has 1 aliphatic rings. The summed E-state index contributed by atoms with van der Waals surface area (Å²) in [5.41, 5.74) is 2.86. The monoisotopic (exact) mass is 474 g/mol. The molecule has 0 aromatic heterocycles. The van der Waals surface area contributed by atoms with Crippen molar-refractivity contribution in [3.63, 3.8) is 0 Å². The Morgan fingerprint density at radius 2 is 1.66 bits per heavy atom. The molecule has 3 aromatic rings. The minimum atomic E-state index is -0.739. The fourth-order valence-electron chi connectivity index (χ4n) is 3.94. The zero-order chi connectivity index (χ0) is 24.9. The molecule has 0 aliphatic carbocycles. The summed E-state index contributed by atoms with van der Waals surface area (Å²) in [5, 5.41) is 28.1. The number of phenolic OH excluding ortho intramolecular Hbond substituents is 1. The molecule has 0 bridgehead atoms. The van der Waals surface area contributed by atoms with Crippen molar-refractivity contribution in [2.45, 2.75) is 6.04 Å². The van der Waals surface area contributed by atoms with Crippen molar-refractivity contribution < 1.29 is 19.6 Å². The van der Waals surface area contributed by atoms with E-state index in [4.69, 9.17) is 4.74 Å². The van der Waals surface area contributed by atoms with Crippen LogP contribution in [0.2, 0.25) is 0 Å². The van der Waals surface area contributed by atoms with Gasteiger partial charge in [0.2, 0.25) is 5.75 Å². The number of likely N-dealkylation sites (N-methyl/N-ethyl adjacent to an activating group) is 1. The second-order valence-electron chi connectivity index (χ2n) is 8.35. The van der Waals surface area contributed by atoms with Gasteiger partial charge in [0.1, 0.15) is 6.61 Å². The van der Waals surface area contributed by atoms with Crippen LogP contribution in [0.1, 0.15) is 22.7 Å². The van der Waals surface area contributed by atoms with E-state index in [1.54, 1.807) is 6.07 Å². The second-order valence-corrected chi connectivity index (χ2v) is 8.35. The number of amides is 2. The highest BCUT2D eigenvalue weighted by molar-refractivity contribution is 6.03. The molecule has 1 heterocycles. The van der Waals surface area contributed by atoms with Gasteiger partial charge in [0, 0.05) is 18.2 Å². The Morgan fingerprint density at radius 1 is 1.03 bits per heavy atom. The fraction of sp³-hybridized carbons (Fsp3) is 0.192. The Labute approximate surface area is 202 Å². The largest absolute Gasteiger partial charge is 0.500 e. The van der Waals surface area contributed by atoms with Crippen LogP contribution in [0, 0.1) is 10.1 Å². The first-order valence-electron chi connectivity index (χ1n) is 11.1. The van der Waals surface area contributed by atoms with Gasteiger partial charge in [0.25, 0.3) is 0 Å². The lowest BCUT2D eigenvalue weighted by molar-refractivity contribution is -0.386. The van der Waals surface area contributed by atoms with Crippen LogP contribution in [0.15, 0.2) is 72.8 Å². The van der Waals surface area contributed by atoms with Gasteiger partial charge in [-0.2, -0.15) is 0 Å². The van der Waals surface area contributed by atoms with Crippen molar-refractivity contribution >= 4 is 23.0 Å². The van der Waals surface area contributed by atoms with Crippen molar-refractivity contribution in [1.82, 2.24) is 15.5 Å². The van der Waals surface area contributed by atoms with Gasteiger partial charge in [-0.15, -0.1) is 0 Å². The number of rotatable bonds is 8. The summed E-state index contributed by atoms with van der Waals surface area (Å²) in [7, 11) is 3.74. The molecule has 0 saturated heterocycles. The lowest BCUT2D eigenvalue weighted by Gasteiger charge is -2.31. The number of urea groups is 1. The molecule has 1 aliphatic heterocycles. The van der Waals surface area contributed by atoms with Crippen molar-refractivity contribution in [2.24, 2.45) is 0 Å². The standard InChI is InChI=1S/C26H26N4O5/c1-29(2)13-14-35-21-16-19(15-20(25(21)31)30(33)34)24-22(17-9-5-3-6-10-17)23(27-26(32)28-24)18-11-7-4-8-12-18/h3-12,15-16,24,31H,13-14H2,1-2H3,(H2,27,28,32). The molecule has 9 heteroatoms. The van der Waals surface area contributed by atoms with E-state index in [-0.39, 0.29) is 12.4 Å². The summed E-state index contributed by atoms with van der Waals surface area (Å²) in [4.78, 5) is 25.7. The zero-order valence-electron chi connectivity index (χ0n) is 19.4. The predicted molar refractivity (Wildman–Crippen MR) is 133 cm³/mol. The number of nitrogens with one attached hydrogen (secondary N) is 2. The number of hydrogen-bond acceptors (Lipinski definition) is 6. The van der Waals surface area contributed by atoms with Gasteiger partial charge in [-0.25, -0.2) is 4.79 Å². The molecule has 0 saturated carbocycles. The smallest absolute Gasteiger partial charge is 0.320 e. The lowest BCUT2D eigenvalue weighted by Crippen LogP contribution is -2.43. The van der Waals surface area contributed by atoms with E-state index >= 15 is 0 Å². The van der Waals surface area contributed by atoms with E-state index < -0.39 is 28.4 Å². The highest BCUT2D eigenvalue weighted by Crippen LogP contribution is 2.43. The van der Waals surface area contributed by atoms with E-state index in [0.29, 0.717) is 17.8 Å².